The summed E-state index contributed by atoms with van der Waals surface area (Å²) in [6.45, 7) is 5.01. The van der Waals surface area contributed by atoms with Gasteiger partial charge in [-0.2, -0.15) is 0 Å². The summed E-state index contributed by atoms with van der Waals surface area (Å²) < 4.78 is 26.2. The van der Waals surface area contributed by atoms with Crippen LogP contribution in [0.1, 0.15) is 24.8 Å². The minimum Gasteiger partial charge on any atom is -0.486 e. The van der Waals surface area contributed by atoms with Crippen LogP contribution in [0.3, 0.4) is 0 Å². The van der Waals surface area contributed by atoms with Gasteiger partial charge in [-0.25, -0.2) is 4.39 Å². The Balaban J connectivity index is 1.26. The van der Waals surface area contributed by atoms with E-state index in [0.717, 1.165) is 44.6 Å². The van der Waals surface area contributed by atoms with E-state index in [0.29, 0.717) is 49.1 Å². The fraction of sp³-hybridized carbons (Fsp3) is 0.500. The van der Waals surface area contributed by atoms with Gasteiger partial charge >= 0.3 is 0 Å². The van der Waals surface area contributed by atoms with E-state index < -0.39 is 0 Å². The number of likely N-dealkylation sites (tertiary alicyclic amines) is 1. The molecular weight excluding hydrogens is 457 g/mol. The largest absolute Gasteiger partial charge is 0.486 e. The highest BCUT2D eigenvalue weighted by atomic mass is 35.5. The molecule has 34 heavy (non-hydrogen) atoms. The van der Waals surface area contributed by atoms with Crippen molar-refractivity contribution >= 4 is 23.2 Å². The standard InChI is InChI=1S/C26H31ClFN3O3/c27-20-4-6-22(7-5-20)31-12-9-19(16-31)26(32)29-21(17-30-10-1-2-11-30)15-18-3-8-23-25(24(18)28)34-14-13-33-23/h3-8,19,21H,1-2,9-17H2,(H,29,32)/t19-,21?/m1/s1. The van der Waals surface area contributed by atoms with Gasteiger partial charge in [0.05, 0.1) is 5.92 Å². The summed E-state index contributed by atoms with van der Waals surface area (Å²) in [5, 5.41) is 3.96. The molecule has 6 nitrogen and oxygen atoms in total. The molecule has 2 aromatic carbocycles. The smallest absolute Gasteiger partial charge is 0.225 e. The molecule has 0 aromatic heterocycles. The highest BCUT2D eigenvalue weighted by molar-refractivity contribution is 6.30. The van der Waals surface area contributed by atoms with E-state index in [2.05, 4.69) is 15.1 Å². The zero-order valence-electron chi connectivity index (χ0n) is 19.3. The minimum atomic E-state index is -0.382. The molecule has 0 saturated carbocycles. The number of fused-ring (bicyclic) bond motifs is 1. The lowest BCUT2D eigenvalue weighted by Crippen LogP contribution is -2.47. The van der Waals surface area contributed by atoms with Crippen LogP contribution in [0.4, 0.5) is 10.1 Å². The second-order valence-electron chi connectivity index (χ2n) is 9.39. The molecule has 0 radical (unpaired) electrons. The van der Waals surface area contributed by atoms with Crippen molar-refractivity contribution < 1.29 is 18.7 Å². The topological polar surface area (TPSA) is 54.0 Å². The molecule has 3 heterocycles. The van der Waals surface area contributed by atoms with E-state index in [-0.39, 0.29) is 29.4 Å². The monoisotopic (exact) mass is 487 g/mol. The third-order valence-electron chi connectivity index (χ3n) is 6.97. The Morgan fingerprint density at radius 2 is 1.85 bits per heavy atom. The number of ether oxygens (including phenoxy) is 2. The molecule has 2 saturated heterocycles. The summed E-state index contributed by atoms with van der Waals surface area (Å²) in [6.07, 6.45) is 3.54. The number of carbonyl (C=O) groups is 1. The summed E-state index contributed by atoms with van der Waals surface area (Å²) >= 11 is 6.01. The van der Waals surface area contributed by atoms with Crippen molar-refractivity contribution in [3.8, 4) is 11.5 Å². The first-order valence-corrected chi connectivity index (χ1v) is 12.5. The third kappa shape index (κ3) is 5.26. The molecule has 1 unspecified atom stereocenters. The van der Waals surface area contributed by atoms with Crippen molar-refractivity contribution in [2.75, 3.05) is 50.8 Å². The first kappa shape index (κ1) is 23.2. The number of halogens is 2. The van der Waals surface area contributed by atoms with Crippen LogP contribution in [0.5, 0.6) is 11.5 Å². The predicted molar refractivity (Wildman–Crippen MR) is 130 cm³/mol. The number of benzene rings is 2. The molecule has 8 heteroatoms. The SMILES string of the molecule is O=C(NC(Cc1ccc2c(c1F)OCCO2)CN1CCCC1)[C@@H]1CCN(c2ccc(Cl)cc2)C1. The number of hydrogen-bond donors (Lipinski definition) is 1. The van der Waals surface area contributed by atoms with Crippen LogP contribution in [-0.4, -0.2) is 62.8 Å². The summed E-state index contributed by atoms with van der Waals surface area (Å²) in [7, 11) is 0. The number of hydrogen-bond acceptors (Lipinski definition) is 5. The van der Waals surface area contributed by atoms with Crippen molar-refractivity contribution in [3.05, 3.63) is 52.8 Å². The van der Waals surface area contributed by atoms with Crippen LogP contribution in [0.25, 0.3) is 0 Å². The Kier molecular flexibility index (Phi) is 7.11. The van der Waals surface area contributed by atoms with Crippen LogP contribution in [-0.2, 0) is 11.2 Å². The van der Waals surface area contributed by atoms with Gasteiger partial charge < -0.3 is 24.6 Å². The second kappa shape index (κ2) is 10.4. The molecule has 0 spiro atoms. The van der Waals surface area contributed by atoms with Gasteiger partial charge in [-0.15, -0.1) is 0 Å². The summed E-state index contributed by atoms with van der Waals surface area (Å²) in [4.78, 5) is 17.8. The van der Waals surface area contributed by atoms with Gasteiger partial charge in [0.1, 0.15) is 13.2 Å². The lowest BCUT2D eigenvalue weighted by atomic mass is 10.0. The molecule has 2 aromatic rings. The highest BCUT2D eigenvalue weighted by Crippen LogP contribution is 2.35. The van der Waals surface area contributed by atoms with Crippen molar-refractivity contribution in [1.29, 1.82) is 0 Å². The molecule has 5 rings (SSSR count). The van der Waals surface area contributed by atoms with Crippen molar-refractivity contribution in [2.24, 2.45) is 5.92 Å². The quantitative estimate of drug-likeness (QED) is 0.642. The number of nitrogens with zero attached hydrogens (tertiary/aromatic N) is 2. The van der Waals surface area contributed by atoms with Gasteiger partial charge in [-0.3, -0.25) is 4.79 Å². The molecule has 2 fully saturated rings. The van der Waals surface area contributed by atoms with Gasteiger partial charge in [-0.1, -0.05) is 17.7 Å². The third-order valence-corrected chi connectivity index (χ3v) is 7.22. The number of amides is 1. The van der Waals surface area contributed by atoms with Crippen molar-refractivity contribution in [2.45, 2.75) is 31.7 Å². The van der Waals surface area contributed by atoms with E-state index in [1.165, 1.54) is 0 Å². The molecule has 0 bridgehead atoms. The Hall–Kier alpha value is -2.51. The number of carbonyl (C=O) groups excluding carboxylic acids is 1. The maximum Gasteiger partial charge on any atom is 0.225 e. The zero-order chi connectivity index (χ0) is 23.5. The number of anilines is 1. The molecular formula is C26H31ClFN3O3. The molecule has 1 N–H and O–H groups in total. The fourth-order valence-corrected chi connectivity index (χ4v) is 5.29. The van der Waals surface area contributed by atoms with E-state index in [1.807, 2.05) is 24.3 Å². The molecule has 1 amide bonds. The molecule has 3 aliphatic rings. The van der Waals surface area contributed by atoms with Crippen LogP contribution in [0.15, 0.2) is 36.4 Å². The average molecular weight is 488 g/mol. The first-order valence-electron chi connectivity index (χ1n) is 12.2. The Morgan fingerprint density at radius 1 is 1.09 bits per heavy atom. The van der Waals surface area contributed by atoms with Crippen molar-refractivity contribution in [1.82, 2.24) is 10.2 Å². The molecule has 182 valence electrons. The highest BCUT2D eigenvalue weighted by Gasteiger charge is 2.31. The van der Waals surface area contributed by atoms with Gasteiger partial charge in [0.25, 0.3) is 0 Å². The van der Waals surface area contributed by atoms with Crippen molar-refractivity contribution in [3.63, 3.8) is 0 Å². The lowest BCUT2D eigenvalue weighted by Gasteiger charge is -2.27. The number of nitrogens with one attached hydrogen (secondary N) is 1. The zero-order valence-corrected chi connectivity index (χ0v) is 20.0. The molecule has 3 aliphatic heterocycles. The normalized spacial score (nSPS) is 21.0. The number of rotatable bonds is 7. The van der Waals surface area contributed by atoms with Crippen LogP contribution >= 0.6 is 11.6 Å². The van der Waals surface area contributed by atoms with Gasteiger partial charge in [0, 0.05) is 36.4 Å². The second-order valence-corrected chi connectivity index (χ2v) is 9.82. The van der Waals surface area contributed by atoms with Gasteiger partial charge in [0.2, 0.25) is 5.91 Å². The minimum absolute atomic E-state index is 0.0404. The Morgan fingerprint density at radius 3 is 2.65 bits per heavy atom. The van der Waals surface area contributed by atoms with E-state index in [9.17, 15) is 4.79 Å². The van der Waals surface area contributed by atoms with E-state index >= 15 is 4.39 Å². The van der Waals surface area contributed by atoms with E-state index in [1.54, 1.807) is 12.1 Å². The first-order chi connectivity index (χ1) is 16.6. The van der Waals surface area contributed by atoms with Crippen LogP contribution in [0, 0.1) is 11.7 Å². The van der Waals surface area contributed by atoms with E-state index in [4.69, 9.17) is 21.1 Å². The van der Waals surface area contributed by atoms with Crippen LogP contribution in [0.2, 0.25) is 5.02 Å². The fourth-order valence-electron chi connectivity index (χ4n) is 5.16. The molecule has 0 aliphatic carbocycles. The predicted octanol–water partition coefficient (Wildman–Crippen LogP) is 3.90. The van der Waals surface area contributed by atoms with Crippen LogP contribution < -0.4 is 19.7 Å². The summed E-state index contributed by atoms with van der Waals surface area (Å²) in [5.74, 6) is 0.193. The Labute approximate surface area is 205 Å². The lowest BCUT2D eigenvalue weighted by molar-refractivity contribution is -0.125. The summed E-state index contributed by atoms with van der Waals surface area (Å²) in [5.41, 5.74) is 1.62. The maximum atomic E-state index is 15.2. The van der Waals surface area contributed by atoms with Gasteiger partial charge in [-0.05, 0) is 74.7 Å². The average Bonchev–Trinajstić information content (AvgIpc) is 3.54. The Bertz CT molecular complexity index is 1010. The summed E-state index contributed by atoms with van der Waals surface area (Å²) in [6, 6.07) is 11.1. The molecule has 2 atom stereocenters. The maximum absolute atomic E-state index is 15.2. The van der Waals surface area contributed by atoms with Gasteiger partial charge in [0.15, 0.2) is 17.3 Å².